The third kappa shape index (κ3) is 18.2. The molecule has 0 radical (unpaired) electrons. The van der Waals surface area contributed by atoms with Crippen molar-refractivity contribution in [2.45, 2.75) is 142 Å². The summed E-state index contributed by atoms with van der Waals surface area (Å²) in [6.07, 6.45) is 6.25. The molecule has 9 rings (SSSR count). The van der Waals surface area contributed by atoms with E-state index >= 15 is 0 Å². The van der Waals surface area contributed by atoms with E-state index in [0.717, 1.165) is 49.1 Å². The SMILES string of the molecule is C=C(C)C[Si](C)(CCCn1cc(COc2c3cccc2Cc2cc(N=Nc4ccc([N+](=O)[O-])cc4)cc(c2O)Cc2cccc(c2OCc2cn(CCC[Si](C)(CC(=C)C)CC(=C)C)nn2)Cc2cc(N=Nc4ccc([N+](=O)[O-])cc4)cc(c2O)C3)nn1)CC(=C)C. The molecule has 0 saturated carbocycles. The number of hydrogen-bond acceptors (Lipinski definition) is 16. The van der Waals surface area contributed by atoms with Crippen LogP contribution in [0.25, 0.3) is 0 Å². The Morgan fingerprint density at radius 2 is 0.804 bits per heavy atom. The van der Waals surface area contributed by atoms with Gasteiger partial charge in [0.25, 0.3) is 11.4 Å². The summed E-state index contributed by atoms with van der Waals surface area (Å²) >= 11 is 0. The lowest BCUT2D eigenvalue weighted by Gasteiger charge is -2.28. The zero-order valence-corrected chi connectivity index (χ0v) is 55.4. The maximum Gasteiger partial charge on any atom is 0.269 e. The van der Waals surface area contributed by atoms with E-state index < -0.39 is 26.0 Å². The molecule has 8 aromatic rings. The number of fused-ring (bicyclic) bond motifs is 8. The summed E-state index contributed by atoms with van der Waals surface area (Å²) in [6.45, 7) is 31.6. The van der Waals surface area contributed by atoms with E-state index in [1.807, 2.05) is 58.2 Å². The molecule has 20 nitrogen and oxygen atoms in total. The van der Waals surface area contributed by atoms with Crippen molar-refractivity contribution in [3.63, 3.8) is 0 Å². The summed E-state index contributed by atoms with van der Waals surface area (Å²) in [4.78, 5) is 22.1. The molecule has 476 valence electrons. The number of allylic oxidation sites excluding steroid dienone is 4. The highest BCUT2D eigenvalue weighted by Crippen LogP contribution is 2.42. The number of phenols is 2. The smallest absolute Gasteiger partial charge is 0.269 e. The van der Waals surface area contributed by atoms with Crippen LogP contribution < -0.4 is 9.47 Å². The standard InChI is InChI=1S/C70H80N12O8Si2/c1-47(2)43-91(9,44-48(3)4)29-13-27-79-39-63(75-77-79)41-89-69-51-15-11-16-52(69)32-56-36-62(74-72-60-21-25-66(26-22-60)82(87)88)38-58(68(56)84)34-54-18-12-17-53(33-57-37-61(35-55(31-51)67(57)83)73-71-59-19-23-65(24-20-59)81(85)86)70(54)90-42-64-40-80(78-76-64)28-14-30-92(10,45-49(5)6)46-50(7)8/h11-12,15-26,35-40,83-84H,1,3,5,7,13-14,27-34,41-46H2,2,4,6,8-10H3. The Kier molecular flexibility index (Phi) is 21.6. The summed E-state index contributed by atoms with van der Waals surface area (Å²) in [5.41, 5.74) is 12.3. The van der Waals surface area contributed by atoms with E-state index in [9.17, 15) is 30.4 Å². The number of benzene rings is 6. The molecule has 0 aliphatic heterocycles. The highest BCUT2D eigenvalue weighted by atomic mass is 28.3. The number of para-hydroxylation sites is 2. The average Bonchev–Trinajstić information content (AvgIpc) is 0.935. The first-order chi connectivity index (χ1) is 43.9. The lowest BCUT2D eigenvalue weighted by atomic mass is 9.91. The van der Waals surface area contributed by atoms with Crippen LogP contribution in [0.2, 0.25) is 49.4 Å². The van der Waals surface area contributed by atoms with Gasteiger partial charge >= 0.3 is 0 Å². The molecule has 0 spiro atoms. The van der Waals surface area contributed by atoms with E-state index in [0.29, 0.717) is 103 Å². The highest BCUT2D eigenvalue weighted by Gasteiger charge is 2.29. The van der Waals surface area contributed by atoms with Crippen LogP contribution in [0.5, 0.6) is 23.0 Å². The molecule has 2 N–H and O–H groups in total. The number of azo groups is 2. The minimum absolute atomic E-state index is 0.0205. The molecule has 22 heteroatoms. The molecule has 1 aliphatic rings. The first-order valence-electron chi connectivity index (χ1n) is 30.8. The molecule has 92 heavy (non-hydrogen) atoms. The molecule has 1 aliphatic carbocycles. The molecular formula is C70H80N12O8Si2. The second-order valence-electron chi connectivity index (χ2n) is 25.6. The van der Waals surface area contributed by atoms with Crippen LogP contribution in [0.3, 0.4) is 0 Å². The third-order valence-corrected chi connectivity index (χ3v) is 25.2. The summed E-state index contributed by atoms with van der Waals surface area (Å²) in [5.74, 6) is 1.04. The molecule has 0 amide bonds. The number of phenolic OH excluding ortho intramolecular Hbond substituents is 2. The number of hydrogen-bond donors (Lipinski definition) is 2. The van der Waals surface area contributed by atoms with Crippen LogP contribution in [0.15, 0.2) is 191 Å². The van der Waals surface area contributed by atoms with Gasteiger partial charge in [0.1, 0.15) is 47.6 Å². The van der Waals surface area contributed by atoms with Gasteiger partial charge in [0.05, 0.1) is 61.1 Å². The molecule has 8 bridgehead atoms. The number of aromatic hydroxyl groups is 2. The lowest BCUT2D eigenvalue weighted by Crippen LogP contribution is -2.30. The molecule has 0 atom stereocenters. The van der Waals surface area contributed by atoms with Gasteiger partial charge < -0.3 is 19.7 Å². The number of nitro benzene ring substituents is 2. The Balaban J connectivity index is 1.11. The van der Waals surface area contributed by atoms with Crippen molar-refractivity contribution in [1.29, 1.82) is 0 Å². The zero-order chi connectivity index (χ0) is 65.7. The van der Waals surface area contributed by atoms with Crippen LogP contribution in [-0.4, -0.2) is 66.2 Å². The molecule has 2 heterocycles. The fraction of sp³-hybridized carbons (Fsp3) is 0.314. The van der Waals surface area contributed by atoms with Crippen LogP contribution in [0.1, 0.15) is 96.4 Å². The number of non-ortho nitro benzene ring substituents is 2. The van der Waals surface area contributed by atoms with E-state index in [1.54, 1.807) is 24.3 Å². The van der Waals surface area contributed by atoms with Crippen molar-refractivity contribution >= 4 is 50.3 Å². The van der Waals surface area contributed by atoms with Gasteiger partial charge in [-0.2, -0.15) is 20.5 Å². The highest BCUT2D eigenvalue weighted by molar-refractivity contribution is 6.80. The van der Waals surface area contributed by atoms with Gasteiger partial charge in [-0.05, 0) is 135 Å². The van der Waals surface area contributed by atoms with Crippen molar-refractivity contribution in [2.75, 3.05) is 0 Å². The van der Waals surface area contributed by atoms with Crippen molar-refractivity contribution in [2.24, 2.45) is 20.5 Å². The maximum atomic E-state index is 12.6. The summed E-state index contributed by atoms with van der Waals surface area (Å²) < 4.78 is 17.5. The van der Waals surface area contributed by atoms with Gasteiger partial charge in [0.15, 0.2) is 0 Å². The largest absolute Gasteiger partial charge is 0.507 e. The third-order valence-electron chi connectivity index (χ3n) is 16.2. The fourth-order valence-corrected chi connectivity index (χ4v) is 21.5. The van der Waals surface area contributed by atoms with E-state index in [-0.39, 0.29) is 61.8 Å². The first-order valence-corrected chi connectivity index (χ1v) is 37.0. The van der Waals surface area contributed by atoms with Gasteiger partial charge in [-0.15, -0.1) is 36.5 Å². The second-order valence-corrected chi connectivity index (χ2v) is 35.2. The summed E-state index contributed by atoms with van der Waals surface area (Å²) in [5, 5.41) is 84.6. The lowest BCUT2D eigenvalue weighted by molar-refractivity contribution is -0.385. The van der Waals surface area contributed by atoms with Crippen molar-refractivity contribution in [3.05, 3.63) is 246 Å². The van der Waals surface area contributed by atoms with Crippen LogP contribution >= 0.6 is 0 Å². The predicted molar refractivity (Wildman–Crippen MR) is 364 cm³/mol. The van der Waals surface area contributed by atoms with E-state index in [1.165, 1.54) is 70.8 Å². The minimum atomic E-state index is -1.68. The fourth-order valence-electron chi connectivity index (χ4n) is 12.7. The Labute approximate surface area is 538 Å². The van der Waals surface area contributed by atoms with Gasteiger partial charge in [0, 0.05) is 85.3 Å². The van der Waals surface area contributed by atoms with E-state index in [4.69, 9.17) is 9.47 Å². The van der Waals surface area contributed by atoms with Crippen LogP contribution in [0.4, 0.5) is 34.1 Å². The van der Waals surface area contributed by atoms with Crippen LogP contribution in [0, 0.1) is 20.2 Å². The number of aryl methyl sites for hydroxylation is 2. The molecule has 2 aromatic heterocycles. The number of aromatic nitrogens is 6. The molecular weight excluding hydrogens is 1190 g/mol. The molecule has 0 fully saturated rings. The van der Waals surface area contributed by atoms with Crippen molar-refractivity contribution < 1.29 is 29.5 Å². The Morgan fingerprint density at radius 1 is 0.500 bits per heavy atom. The number of ether oxygens (including phenoxy) is 2. The van der Waals surface area contributed by atoms with Gasteiger partial charge in [-0.3, -0.25) is 29.6 Å². The van der Waals surface area contributed by atoms with Crippen molar-refractivity contribution in [1.82, 2.24) is 30.0 Å². The monoisotopic (exact) mass is 1270 g/mol. The van der Waals surface area contributed by atoms with Crippen LogP contribution in [-0.2, 0) is 52.0 Å². The average molecular weight is 1270 g/mol. The predicted octanol–water partition coefficient (Wildman–Crippen LogP) is 18.0. The number of nitro groups is 2. The quantitative estimate of drug-likeness (QED) is 0.0153. The number of rotatable bonds is 28. The van der Waals surface area contributed by atoms with E-state index in [2.05, 4.69) is 108 Å². The summed E-state index contributed by atoms with van der Waals surface area (Å²) in [6, 6.07) is 36.4. The molecule has 6 aromatic carbocycles. The maximum absolute atomic E-state index is 12.6. The molecule has 0 unspecified atom stereocenters. The zero-order valence-electron chi connectivity index (χ0n) is 53.4. The summed E-state index contributed by atoms with van der Waals surface area (Å²) in [7, 11) is -3.36. The first kappa shape index (κ1) is 66.6. The van der Waals surface area contributed by atoms with Gasteiger partial charge in [-0.25, -0.2) is 0 Å². The van der Waals surface area contributed by atoms with Crippen molar-refractivity contribution in [3.8, 4) is 23.0 Å². The topological polar surface area (TPSA) is 256 Å². The Morgan fingerprint density at radius 3 is 1.10 bits per heavy atom. The number of nitrogens with zero attached hydrogens (tertiary/aromatic N) is 12. The Bertz CT molecular complexity index is 3730. The normalized spacial score (nSPS) is 12.5. The second kappa shape index (κ2) is 29.9. The Hall–Kier alpha value is -9.81. The minimum Gasteiger partial charge on any atom is -0.507 e. The molecule has 0 saturated heterocycles. The van der Waals surface area contributed by atoms with Gasteiger partial charge in [0.2, 0.25) is 0 Å². The van der Waals surface area contributed by atoms with Gasteiger partial charge in [-0.1, -0.05) is 94.3 Å².